The third-order valence-electron chi connectivity index (χ3n) is 2.97. The molecule has 1 aromatic heterocycles. The van der Waals surface area contributed by atoms with Gasteiger partial charge in [-0.25, -0.2) is 9.48 Å². The highest BCUT2D eigenvalue weighted by molar-refractivity contribution is 5.94. The second kappa shape index (κ2) is 5.86. The van der Waals surface area contributed by atoms with Gasteiger partial charge in [0.2, 0.25) is 0 Å². The molecule has 1 aliphatic rings. The fourth-order valence-electron chi connectivity index (χ4n) is 2.17. The Balaban J connectivity index is 2.23. The zero-order valence-electron chi connectivity index (χ0n) is 10.9. The minimum Gasteiger partial charge on any atom is -0.462 e. The van der Waals surface area contributed by atoms with E-state index in [0.29, 0.717) is 18.8 Å². The Morgan fingerprint density at radius 2 is 2.33 bits per heavy atom. The fourth-order valence-corrected chi connectivity index (χ4v) is 2.17. The predicted octanol–water partition coefficient (Wildman–Crippen LogP) is 0.916. The molecule has 6 heteroatoms. The van der Waals surface area contributed by atoms with E-state index in [1.165, 1.54) is 0 Å². The van der Waals surface area contributed by atoms with Crippen LogP contribution in [-0.4, -0.2) is 49.2 Å². The number of aryl methyl sites for hydroxylation is 1. The van der Waals surface area contributed by atoms with Crippen molar-refractivity contribution in [1.82, 2.24) is 9.78 Å². The van der Waals surface area contributed by atoms with Crippen LogP contribution in [0.1, 0.15) is 23.7 Å². The molecule has 2 heterocycles. The van der Waals surface area contributed by atoms with Gasteiger partial charge in [-0.3, -0.25) is 0 Å². The zero-order chi connectivity index (χ0) is 13.0. The van der Waals surface area contributed by atoms with E-state index in [0.717, 1.165) is 31.9 Å². The smallest absolute Gasteiger partial charge is 0.343 e. The topological polar surface area (TPSA) is 56.6 Å². The van der Waals surface area contributed by atoms with Gasteiger partial charge in [0.05, 0.1) is 19.4 Å². The van der Waals surface area contributed by atoms with E-state index in [1.807, 2.05) is 4.68 Å². The third-order valence-corrected chi connectivity index (χ3v) is 2.97. The van der Waals surface area contributed by atoms with Crippen molar-refractivity contribution < 1.29 is 14.3 Å². The maximum Gasteiger partial charge on any atom is 0.343 e. The molecule has 0 bridgehead atoms. The number of esters is 1. The third kappa shape index (κ3) is 2.48. The fraction of sp³-hybridized carbons (Fsp3) is 0.667. The van der Waals surface area contributed by atoms with Crippen LogP contribution in [0.25, 0.3) is 0 Å². The molecule has 1 aliphatic heterocycles. The molecule has 0 unspecified atom stereocenters. The van der Waals surface area contributed by atoms with Crippen LogP contribution in [0.2, 0.25) is 0 Å². The van der Waals surface area contributed by atoms with E-state index in [4.69, 9.17) is 9.47 Å². The predicted molar refractivity (Wildman–Crippen MR) is 66.9 cm³/mol. The van der Waals surface area contributed by atoms with Crippen molar-refractivity contribution in [1.29, 1.82) is 0 Å². The number of aromatic nitrogens is 2. The Morgan fingerprint density at radius 3 is 3.06 bits per heavy atom. The maximum absolute atomic E-state index is 11.9. The molecule has 0 saturated heterocycles. The van der Waals surface area contributed by atoms with Crippen LogP contribution >= 0.6 is 0 Å². The Morgan fingerprint density at radius 1 is 1.50 bits per heavy atom. The van der Waals surface area contributed by atoms with Crippen molar-refractivity contribution >= 4 is 11.8 Å². The number of carbonyl (C=O) groups is 1. The van der Waals surface area contributed by atoms with E-state index in [1.54, 1.807) is 20.2 Å². The van der Waals surface area contributed by atoms with Gasteiger partial charge < -0.3 is 14.4 Å². The van der Waals surface area contributed by atoms with Crippen molar-refractivity contribution in [2.45, 2.75) is 19.9 Å². The first-order valence-corrected chi connectivity index (χ1v) is 6.24. The second-order valence-corrected chi connectivity index (χ2v) is 4.16. The van der Waals surface area contributed by atoms with Gasteiger partial charge in [-0.05, 0) is 13.3 Å². The van der Waals surface area contributed by atoms with Gasteiger partial charge in [0.25, 0.3) is 0 Å². The van der Waals surface area contributed by atoms with Crippen molar-refractivity contribution in [2.24, 2.45) is 0 Å². The highest BCUT2D eigenvalue weighted by Gasteiger charge is 2.25. The Kier molecular flexibility index (Phi) is 4.19. The van der Waals surface area contributed by atoms with Crippen LogP contribution in [0.15, 0.2) is 6.20 Å². The quantitative estimate of drug-likeness (QED) is 0.730. The number of hydrogen-bond acceptors (Lipinski definition) is 5. The van der Waals surface area contributed by atoms with Gasteiger partial charge in [0, 0.05) is 26.7 Å². The van der Waals surface area contributed by atoms with Crippen LogP contribution in [0, 0.1) is 0 Å². The normalized spacial score (nSPS) is 14.4. The number of nitrogens with zero attached hydrogens (tertiary/aromatic N) is 3. The second-order valence-electron chi connectivity index (χ2n) is 4.16. The van der Waals surface area contributed by atoms with Crippen molar-refractivity contribution in [3.05, 3.63) is 11.8 Å². The molecule has 0 atom stereocenters. The van der Waals surface area contributed by atoms with Crippen LogP contribution < -0.4 is 4.90 Å². The molecular weight excluding hydrogens is 234 g/mol. The summed E-state index contributed by atoms with van der Waals surface area (Å²) in [6.45, 7) is 5.33. The lowest BCUT2D eigenvalue weighted by Crippen LogP contribution is -2.35. The van der Waals surface area contributed by atoms with Gasteiger partial charge in [0.1, 0.15) is 11.4 Å². The average molecular weight is 253 g/mol. The van der Waals surface area contributed by atoms with Gasteiger partial charge in [-0.1, -0.05) is 0 Å². The van der Waals surface area contributed by atoms with Crippen molar-refractivity contribution in [3.63, 3.8) is 0 Å². The van der Waals surface area contributed by atoms with E-state index >= 15 is 0 Å². The number of rotatable bonds is 5. The summed E-state index contributed by atoms with van der Waals surface area (Å²) in [5.41, 5.74) is 0.549. The van der Waals surface area contributed by atoms with Crippen LogP contribution in [0.4, 0.5) is 5.82 Å². The molecule has 2 rings (SSSR count). The SMILES string of the molecule is CCOC(=O)c1cnn2c1N(CCOC)CCC2. The minimum atomic E-state index is -0.303. The van der Waals surface area contributed by atoms with E-state index in [-0.39, 0.29) is 5.97 Å². The van der Waals surface area contributed by atoms with E-state index in [9.17, 15) is 4.79 Å². The summed E-state index contributed by atoms with van der Waals surface area (Å²) >= 11 is 0. The highest BCUT2D eigenvalue weighted by Crippen LogP contribution is 2.25. The first-order chi connectivity index (χ1) is 8.77. The number of anilines is 1. The number of carbonyl (C=O) groups excluding carboxylic acids is 1. The summed E-state index contributed by atoms with van der Waals surface area (Å²) in [5.74, 6) is 0.555. The molecule has 18 heavy (non-hydrogen) atoms. The van der Waals surface area contributed by atoms with Gasteiger partial charge >= 0.3 is 5.97 Å². The first kappa shape index (κ1) is 12.9. The number of hydrogen-bond donors (Lipinski definition) is 0. The standard InChI is InChI=1S/C12H19N3O3/c1-3-18-12(16)10-9-13-15-6-4-5-14(11(10)15)7-8-17-2/h9H,3-8H2,1-2H3. The molecule has 0 spiro atoms. The molecular formula is C12H19N3O3. The lowest BCUT2D eigenvalue weighted by Gasteiger charge is -2.30. The minimum absolute atomic E-state index is 0.303. The number of methoxy groups -OCH3 is 1. The molecule has 0 N–H and O–H groups in total. The largest absolute Gasteiger partial charge is 0.462 e. The molecule has 100 valence electrons. The van der Waals surface area contributed by atoms with Crippen molar-refractivity contribution in [3.8, 4) is 0 Å². The highest BCUT2D eigenvalue weighted by atomic mass is 16.5. The molecule has 1 aromatic rings. The summed E-state index contributed by atoms with van der Waals surface area (Å²) in [6, 6.07) is 0. The summed E-state index contributed by atoms with van der Waals surface area (Å²) in [7, 11) is 1.67. The lowest BCUT2D eigenvalue weighted by molar-refractivity contribution is 0.0526. The van der Waals surface area contributed by atoms with Crippen LogP contribution in [0.5, 0.6) is 0 Å². The van der Waals surface area contributed by atoms with Gasteiger partial charge in [0.15, 0.2) is 0 Å². The Bertz CT molecular complexity index is 417. The van der Waals surface area contributed by atoms with Crippen LogP contribution in [-0.2, 0) is 16.0 Å². The molecule has 0 aromatic carbocycles. The molecule has 0 saturated carbocycles. The zero-order valence-corrected chi connectivity index (χ0v) is 10.9. The monoisotopic (exact) mass is 253 g/mol. The lowest BCUT2D eigenvalue weighted by atomic mass is 10.2. The average Bonchev–Trinajstić information content (AvgIpc) is 2.81. The summed E-state index contributed by atoms with van der Waals surface area (Å²) in [5, 5.41) is 4.25. The summed E-state index contributed by atoms with van der Waals surface area (Å²) in [4.78, 5) is 14.0. The summed E-state index contributed by atoms with van der Waals surface area (Å²) < 4.78 is 12.0. The van der Waals surface area contributed by atoms with Gasteiger partial charge in [-0.2, -0.15) is 5.10 Å². The van der Waals surface area contributed by atoms with Crippen molar-refractivity contribution in [2.75, 3.05) is 38.3 Å². The molecule has 0 radical (unpaired) electrons. The molecule has 0 aliphatic carbocycles. The number of ether oxygens (including phenoxy) is 2. The van der Waals surface area contributed by atoms with Gasteiger partial charge in [-0.15, -0.1) is 0 Å². The molecule has 6 nitrogen and oxygen atoms in total. The van der Waals surface area contributed by atoms with E-state index < -0.39 is 0 Å². The Hall–Kier alpha value is -1.56. The molecule has 0 fully saturated rings. The number of fused-ring (bicyclic) bond motifs is 1. The maximum atomic E-state index is 11.9. The Labute approximate surface area is 106 Å². The van der Waals surface area contributed by atoms with Crippen LogP contribution in [0.3, 0.4) is 0 Å². The van der Waals surface area contributed by atoms with E-state index in [2.05, 4.69) is 10.00 Å². The first-order valence-electron chi connectivity index (χ1n) is 6.24. The summed E-state index contributed by atoms with van der Waals surface area (Å²) in [6.07, 6.45) is 2.62. The molecule has 0 amide bonds.